The molecule has 0 aliphatic heterocycles. The van der Waals surface area contributed by atoms with Crippen molar-refractivity contribution in [1.82, 2.24) is 10.3 Å². The van der Waals surface area contributed by atoms with Crippen molar-refractivity contribution in [1.29, 1.82) is 0 Å². The van der Waals surface area contributed by atoms with Crippen LogP contribution in [-0.4, -0.2) is 17.4 Å². The number of hydrogen-bond donors (Lipinski definition) is 2. The lowest BCUT2D eigenvalue weighted by molar-refractivity contribution is 0.100. The number of rotatable bonds is 7. The summed E-state index contributed by atoms with van der Waals surface area (Å²) in [5, 5.41) is 3.67. The second-order valence-electron chi connectivity index (χ2n) is 10.1. The van der Waals surface area contributed by atoms with Gasteiger partial charge in [-0.25, -0.2) is 0 Å². The Kier molecular flexibility index (Phi) is 5.36. The predicted octanol–water partition coefficient (Wildman–Crippen LogP) is 4.93. The van der Waals surface area contributed by atoms with Crippen LogP contribution in [0.3, 0.4) is 0 Å². The molecule has 1 heterocycles. The number of carbonyl (C=O) groups excluding carboxylic acids is 1. The van der Waals surface area contributed by atoms with Crippen LogP contribution in [0.25, 0.3) is 11.3 Å². The maximum Gasteiger partial charge on any atom is 0.248 e. The van der Waals surface area contributed by atoms with Crippen LogP contribution in [0, 0.1) is 23.2 Å². The van der Waals surface area contributed by atoms with E-state index in [1.165, 1.54) is 56.9 Å². The van der Waals surface area contributed by atoms with Crippen molar-refractivity contribution in [3.63, 3.8) is 0 Å². The van der Waals surface area contributed by atoms with E-state index in [1.54, 1.807) is 12.1 Å². The number of amides is 1. The molecule has 3 aliphatic carbocycles. The van der Waals surface area contributed by atoms with Gasteiger partial charge in [-0.2, -0.15) is 0 Å². The van der Waals surface area contributed by atoms with Crippen LogP contribution in [0.1, 0.15) is 67.3 Å². The average molecular weight is 404 g/mol. The summed E-state index contributed by atoms with van der Waals surface area (Å²) in [6, 6.07) is 11.5. The third kappa shape index (κ3) is 4.02. The highest BCUT2D eigenvalue weighted by molar-refractivity contribution is 5.93. The van der Waals surface area contributed by atoms with Crippen LogP contribution in [0.4, 0.5) is 0 Å². The summed E-state index contributed by atoms with van der Waals surface area (Å²) in [7, 11) is 0. The molecule has 3 aliphatic rings. The molecule has 4 nitrogen and oxygen atoms in total. The van der Waals surface area contributed by atoms with Gasteiger partial charge in [-0.1, -0.05) is 37.5 Å². The van der Waals surface area contributed by atoms with Crippen molar-refractivity contribution in [3.05, 3.63) is 53.7 Å². The number of aromatic nitrogens is 1. The van der Waals surface area contributed by atoms with Crippen molar-refractivity contribution in [2.24, 2.45) is 28.9 Å². The minimum absolute atomic E-state index is 0.410. The second-order valence-corrected chi connectivity index (χ2v) is 10.1. The molecule has 3 bridgehead atoms. The van der Waals surface area contributed by atoms with E-state index in [0.717, 1.165) is 42.1 Å². The molecular weight excluding hydrogens is 370 g/mol. The van der Waals surface area contributed by atoms with Gasteiger partial charge in [0.1, 0.15) is 0 Å². The normalized spacial score (nSPS) is 29.7. The standard InChI is InChI=1S/C26H33N3O/c27-25(30)21-5-2-4-20(12-21)24-8-7-19(17-29-24)16-28-10-9-26-13-18-3-1-6-22(14-26)23(11-18)15-26/h2,4-5,7-8,12,17-18,22-23,28H,1,3,6,9-11,13-16H2,(H2,27,30). The molecule has 4 unspecified atom stereocenters. The Balaban J connectivity index is 1.14. The smallest absolute Gasteiger partial charge is 0.248 e. The number of fused-ring (bicyclic) bond motifs is 2. The van der Waals surface area contributed by atoms with Crippen LogP contribution < -0.4 is 11.1 Å². The monoisotopic (exact) mass is 403 g/mol. The molecule has 1 aromatic carbocycles. The first-order valence-electron chi connectivity index (χ1n) is 11.7. The molecule has 0 radical (unpaired) electrons. The maximum atomic E-state index is 11.4. The molecule has 1 amide bonds. The second kappa shape index (κ2) is 8.14. The molecule has 3 fully saturated rings. The Morgan fingerprint density at radius 1 is 1.13 bits per heavy atom. The van der Waals surface area contributed by atoms with Crippen LogP contribution in [0.5, 0.6) is 0 Å². The van der Waals surface area contributed by atoms with E-state index in [1.807, 2.05) is 24.4 Å². The van der Waals surface area contributed by atoms with E-state index in [2.05, 4.69) is 16.4 Å². The molecule has 3 N–H and O–H groups in total. The van der Waals surface area contributed by atoms with Crippen molar-refractivity contribution >= 4 is 5.91 Å². The molecule has 3 saturated carbocycles. The summed E-state index contributed by atoms with van der Waals surface area (Å²) in [6.07, 6.45) is 13.8. The summed E-state index contributed by atoms with van der Waals surface area (Å²) in [5.41, 5.74) is 9.53. The highest BCUT2D eigenvalue weighted by atomic mass is 16.1. The first-order valence-corrected chi connectivity index (χ1v) is 11.7. The van der Waals surface area contributed by atoms with Crippen LogP contribution in [0.2, 0.25) is 0 Å². The zero-order valence-corrected chi connectivity index (χ0v) is 17.8. The first-order chi connectivity index (χ1) is 14.6. The molecule has 4 atom stereocenters. The lowest BCUT2D eigenvalue weighted by atomic mass is 9.68. The van der Waals surface area contributed by atoms with Gasteiger partial charge in [0.15, 0.2) is 0 Å². The predicted molar refractivity (Wildman–Crippen MR) is 120 cm³/mol. The van der Waals surface area contributed by atoms with Gasteiger partial charge in [0.05, 0.1) is 5.69 Å². The van der Waals surface area contributed by atoms with Gasteiger partial charge in [-0.15, -0.1) is 0 Å². The number of primary amides is 1. The Hall–Kier alpha value is -2.20. The molecule has 1 aromatic heterocycles. The zero-order valence-electron chi connectivity index (χ0n) is 17.8. The average Bonchev–Trinajstić information content (AvgIpc) is 2.91. The molecule has 158 valence electrons. The van der Waals surface area contributed by atoms with Crippen LogP contribution in [-0.2, 0) is 6.54 Å². The summed E-state index contributed by atoms with van der Waals surface area (Å²) in [5.74, 6) is 2.67. The highest BCUT2D eigenvalue weighted by Gasteiger charge is 2.50. The quantitative estimate of drug-likeness (QED) is 0.644. The van der Waals surface area contributed by atoms with E-state index < -0.39 is 5.91 Å². The Bertz CT molecular complexity index is 905. The van der Waals surface area contributed by atoms with Gasteiger partial charge in [-0.3, -0.25) is 9.78 Å². The van der Waals surface area contributed by atoms with Gasteiger partial charge in [0.25, 0.3) is 0 Å². The topological polar surface area (TPSA) is 68.0 Å². The summed E-state index contributed by atoms with van der Waals surface area (Å²) >= 11 is 0. The Morgan fingerprint density at radius 3 is 2.87 bits per heavy atom. The number of benzene rings is 1. The summed E-state index contributed by atoms with van der Waals surface area (Å²) in [6.45, 7) is 1.97. The highest BCUT2D eigenvalue weighted by Crippen LogP contribution is 2.61. The van der Waals surface area contributed by atoms with Gasteiger partial charge in [-0.05, 0) is 85.6 Å². The molecule has 0 saturated heterocycles. The fourth-order valence-corrected chi connectivity index (χ4v) is 6.75. The number of pyridine rings is 1. The lowest BCUT2D eigenvalue weighted by Gasteiger charge is -2.38. The van der Waals surface area contributed by atoms with Crippen LogP contribution in [0.15, 0.2) is 42.6 Å². The SMILES string of the molecule is NC(=O)c1cccc(-c2ccc(CNCCC34CC5CCCC(C3)C(C5)C4)cn2)c1. The molecule has 4 heteroatoms. The Labute approximate surface area is 179 Å². The van der Waals surface area contributed by atoms with Crippen molar-refractivity contribution < 1.29 is 4.79 Å². The lowest BCUT2D eigenvalue weighted by Crippen LogP contribution is -2.30. The summed E-state index contributed by atoms with van der Waals surface area (Å²) < 4.78 is 0. The van der Waals surface area contributed by atoms with E-state index in [0.29, 0.717) is 11.0 Å². The largest absolute Gasteiger partial charge is 0.366 e. The van der Waals surface area contributed by atoms with Gasteiger partial charge in [0, 0.05) is 23.9 Å². The van der Waals surface area contributed by atoms with E-state index >= 15 is 0 Å². The molecule has 30 heavy (non-hydrogen) atoms. The van der Waals surface area contributed by atoms with Gasteiger partial charge >= 0.3 is 0 Å². The third-order valence-electron chi connectivity index (χ3n) is 8.03. The molecule has 0 spiro atoms. The zero-order chi connectivity index (χ0) is 20.6. The number of carbonyl (C=O) groups is 1. The molecular formula is C26H33N3O. The van der Waals surface area contributed by atoms with Gasteiger partial charge < -0.3 is 11.1 Å². The minimum atomic E-state index is -0.410. The molecule has 5 rings (SSSR count). The maximum absolute atomic E-state index is 11.4. The number of nitrogens with two attached hydrogens (primary N) is 1. The number of nitrogens with one attached hydrogen (secondary N) is 1. The number of nitrogens with zero attached hydrogens (tertiary/aromatic N) is 1. The van der Waals surface area contributed by atoms with Crippen LogP contribution >= 0.6 is 0 Å². The fraction of sp³-hybridized carbons (Fsp3) is 0.538. The number of hydrogen-bond acceptors (Lipinski definition) is 3. The van der Waals surface area contributed by atoms with E-state index in [4.69, 9.17) is 5.73 Å². The van der Waals surface area contributed by atoms with Crippen molar-refractivity contribution in [3.8, 4) is 11.3 Å². The summed E-state index contributed by atoms with van der Waals surface area (Å²) in [4.78, 5) is 16.0. The van der Waals surface area contributed by atoms with Crippen molar-refractivity contribution in [2.75, 3.05) is 6.54 Å². The third-order valence-corrected chi connectivity index (χ3v) is 8.03. The fourth-order valence-electron chi connectivity index (χ4n) is 6.75. The minimum Gasteiger partial charge on any atom is -0.366 e. The van der Waals surface area contributed by atoms with Gasteiger partial charge in [0.2, 0.25) is 5.91 Å². The Morgan fingerprint density at radius 2 is 2.03 bits per heavy atom. The van der Waals surface area contributed by atoms with E-state index in [9.17, 15) is 4.79 Å². The van der Waals surface area contributed by atoms with Crippen molar-refractivity contribution in [2.45, 2.75) is 57.9 Å². The first kappa shape index (κ1) is 19.7. The molecule has 2 aromatic rings. The van der Waals surface area contributed by atoms with E-state index in [-0.39, 0.29) is 0 Å².